The van der Waals surface area contributed by atoms with Crippen molar-refractivity contribution in [1.29, 1.82) is 0 Å². The van der Waals surface area contributed by atoms with E-state index in [4.69, 9.17) is 5.11 Å². The van der Waals surface area contributed by atoms with Gasteiger partial charge in [0.05, 0.1) is 0 Å². The van der Waals surface area contributed by atoms with Gasteiger partial charge in [-0.1, -0.05) is 38.5 Å². The van der Waals surface area contributed by atoms with E-state index in [0.29, 0.717) is 5.92 Å². The zero-order chi connectivity index (χ0) is 14.3. The fraction of sp³-hybridized carbons (Fsp3) is 0.438. The topological polar surface area (TPSA) is 40.5 Å². The monoisotopic (exact) mass is 261 g/mol. The Bertz CT molecular complexity index is 440. The molecule has 1 atom stereocenters. The third-order valence-electron chi connectivity index (χ3n) is 3.29. The summed E-state index contributed by atoms with van der Waals surface area (Å²) >= 11 is 0. The van der Waals surface area contributed by atoms with E-state index in [2.05, 4.69) is 25.7 Å². The Balaban J connectivity index is 2.99. The molecule has 104 valence electrons. The standard InChI is InChI=1S/C16H23NO2/c1-4-13(3)12-17(5-2)15-9-7-6-8-14(15)10-11-16(18)19/h6-11,13H,4-5,12H2,1-3H3,(H,18,19). The molecule has 0 aliphatic heterocycles. The molecule has 0 fully saturated rings. The Morgan fingerprint density at radius 2 is 2.05 bits per heavy atom. The quantitative estimate of drug-likeness (QED) is 0.761. The maximum Gasteiger partial charge on any atom is 0.328 e. The predicted molar refractivity (Wildman–Crippen MR) is 80.5 cm³/mol. The van der Waals surface area contributed by atoms with E-state index >= 15 is 0 Å². The zero-order valence-electron chi connectivity index (χ0n) is 12.0. The second kappa shape index (κ2) is 7.62. The van der Waals surface area contributed by atoms with Gasteiger partial charge in [0.2, 0.25) is 0 Å². The first-order chi connectivity index (χ1) is 9.08. The number of hydrogen-bond donors (Lipinski definition) is 1. The van der Waals surface area contributed by atoms with E-state index < -0.39 is 5.97 Å². The Morgan fingerprint density at radius 3 is 2.63 bits per heavy atom. The number of anilines is 1. The van der Waals surface area contributed by atoms with Gasteiger partial charge in [-0.3, -0.25) is 0 Å². The maximum absolute atomic E-state index is 10.6. The smallest absolute Gasteiger partial charge is 0.328 e. The average Bonchev–Trinajstić information content (AvgIpc) is 2.42. The van der Waals surface area contributed by atoms with Crippen molar-refractivity contribution < 1.29 is 9.90 Å². The molecule has 3 nitrogen and oxygen atoms in total. The van der Waals surface area contributed by atoms with Gasteiger partial charge in [-0.2, -0.15) is 0 Å². The normalized spacial score (nSPS) is 12.6. The minimum absolute atomic E-state index is 0.622. The summed E-state index contributed by atoms with van der Waals surface area (Å²) in [4.78, 5) is 12.9. The molecule has 0 heterocycles. The van der Waals surface area contributed by atoms with Crippen LogP contribution in [-0.2, 0) is 4.79 Å². The Hall–Kier alpha value is -1.77. The van der Waals surface area contributed by atoms with Crippen LogP contribution >= 0.6 is 0 Å². The van der Waals surface area contributed by atoms with Crippen LogP contribution in [0.3, 0.4) is 0 Å². The molecule has 0 saturated carbocycles. The van der Waals surface area contributed by atoms with Crippen molar-refractivity contribution in [2.75, 3.05) is 18.0 Å². The van der Waals surface area contributed by atoms with Crippen molar-refractivity contribution in [3.05, 3.63) is 35.9 Å². The largest absolute Gasteiger partial charge is 0.478 e. The van der Waals surface area contributed by atoms with Crippen molar-refractivity contribution in [3.63, 3.8) is 0 Å². The second-order valence-corrected chi connectivity index (χ2v) is 4.78. The number of carboxylic acid groups (broad SMARTS) is 1. The Kier molecular flexibility index (Phi) is 6.13. The van der Waals surface area contributed by atoms with Crippen LogP contribution in [0.4, 0.5) is 5.69 Å². The van der Waals surface area contributed by atoms with Crippen molar-refractivity contribution in [2.24, 2.45) is 5.92 Å². The lowest BCUT2D eigenvalue weighted by atomic mass is 10.1. The summed E-state index contributed by atoms with van der Waals surface area (Å²) in [6.07, 6.45) is 4.00. The summed E-state index contributed by atoms with van der Waals surface area (Å²) in [6, 6.07) is 7.93. The van der Waals surface area contributed by atoms with Gasteiger partial charge in [-0.05, 0) is 30.5 Å². The number of benzene rings is 1. The first-order valence-corrected chi connectivity index (χ1v) is 6.83. The molecule has 1 N–H and O–H groups in total. The molecule has 0 radical (unpaired) electrons. The number of aliphatic carboxylic acids is 1. The van der Waals surface area contributed by atoms with Crippen LogP contribution < -0.4 is 4.90 Å². The molecular weight excluding hydrogens is 238 g/mol. The molecule has 0 aliphatic carbocycles. The molecule has 1 aromatic rings. The zero-order valence-corrected chi connectivity index (χ0v) is 12.0. The first-order valence-electron chi connectivity index (χ1n) is 6.83. The van der Waals surface area contributed by atoms with Gasteiger partial charge in [0.1, 0.15) is 0 Å². The first kappa shape index (κ1) is 15.3. The lowest BCUT2D eigenvalue weighted by Crippen LogP contribution is -2.28. The Morgan fingerprint density at radius 1 is 1.37 bits per heavy atom. The van der Waals surface area contributed by atoms with Gasteiger partial charge in [0.15, 0.2) is 0 Å². The second-order valence-electron chi connectivity index (χ2n) is 4.78. The van der Waals surface area contributed by atoms with E-state index in [1.165, 1.54) is 6.08 Å². The lowest BCUT2D eigenvalue weighted by Gasteiger charge is -2.27. The highest BCUT2D eigenvalue weighted by molar-refractivity contribution is 5.87. The highest BCUT2D eigenvalue weighted by atomic mass is 16.4. The minimum atomic E-state index is -0.917. The summed E-state index contributed by atoms with van der Waals surface area (Å²) in [7, 11) is 0. The van der Waals surface area contributed by atoms with Gasteiger partial charge in [0.25, 0.3) is 0 Å². The number of hydrogen-bond acceptors (Lipinski definition) is 2. The van der Waals surface area contributed by atoms with E-state index in [9.17, 15) is 4.79 Å². The number of nitrogens with zero attached hydrogens (tertiary/aromatic N) is 1. The van der Waals surface area contributed by atoms with Gasteiger partial charge in [0, 0.05) is 24.9 Å². The van der Waals surface area contributed by atoms with E-state index in [1.54, 1.807) is 6.08 Å². The fourth-order valence-electron chi connectivity index (χ4n) is 1.98. The van der Waals surface area contributed by atoms with Crippen molar-refractivity contribution in [1.82, 2.24) is 0 Å². The molecule has 0 aromatic heterocycles. The highest BCUT2D eigenvalue weighted by Crippen LogP contribution is 2.23. The summed E-state index contributed by atoms with van der Waals surface area (Å²) in [5.41, 5.74) is 2.05. The molecular formula is C16H23NO2. The average molecular weight is 261 g/mol. The summed E-state index contributed by atoms with van der Waals surface area (Å²) in [5, 5.41) is 8.74. The summed E-state index contributed by atoms with van der Waals surface area (Å²) in [5.74, 6) is -0.295. The van der Waals surface area contributed by atoms with Crippen LogP contribution in [0.1, 0.15) is 32.8 Å². The number of carboxylic acids is 1. The molecule has 0 spiro atoms. The molecule has 19 heavy (non-hydrogen) atoms. The third-order valence-corrected chi connectivity index (χ3v) is 3.29. The fourth-order valence-corrected chi connectivity index (χ4v) is 1.98. The maximum atomic E-state index is 10.6. The molecule has 1 unspecified atom stereocenters. The Labute approximate surface area is 115 Å². The lowest BCUT2D eigenvalue weighted by molar-refractivity contribution is -0.131. The molecule has 3 heteroatoms. The van der Waals surface area contributed by atoms with E-state index in [-0.39, 0.29) is 0 Å². The van der Waals surface area contributed by atoms with Crippen LogP contribution in [0.5, 0.6) is 0 Å². The van der Waals surface area contributed by atoms with Gasteiger partial charge < -0.3 is 10.0 Å². The van der Waals surface area contributed by atoms with Crippen LogP contribution in [0, 0.1) is 5.92 Å². The van der Waals surface area contributed by atoms with Crippen LogP contribution in [0.15, 0.2) is 30.3 Å². The van der Waals surface area contributed by atoms with Gasteiger partial charge >= 0.3 is 5.97 Å². The van der Waals surface area contributed by atoms with Crippen LogP contribution in [-0.4, -0.2) is 24.2 Å². The van der Waals surface area contributed by atoms with E-state index in [0.717, 1.165) is 30.8 Å². The molecule has 0 saturated heterocycles. The molecule has 0 amide bonds. The third kappa shape index (κ3) is 4.78. The van der Waals surface area contributed by atoms with E-state index in [1.807, 2.05) is 24.3 Å². The number of carbonyl (C=O) groups is 1. The summed E-state index contributed by atoms with van der Waals surface area (Å²) in [6.45, 7) is 8.46. The van der Waals surface area contributed by atoms with Crippen LogP contribution in [0.2, 0.25) is 0 Å². The SMILES string of the molecule is CCC(C)CN(CC)c1ccccc1C=CC(=O)O. The molecule has 0 aliphatic rings. The highest BCUT2D eigenvalue weighted by Gasteiger charge is 2.10. The molecule has 1 aromatic carbocycles. The van der Waals surface area contributed by atoms with Crippen LogP contribution in [0.25, 0.3) is 6.08 Å². The van der Waals surface area contributed by atoms with Crippen molar-refractivity contribution >= 4 is 17.7 Å². The molecule has 1 rings (SSSR count). The summed E-state index contributed by atoms with van der Waals surface area (Å²) < 4.78 is 0. The van der Waals surface area contributed by atoms with Gasteiger partial charge in [-0.15, -0.1) is 0 Å². The predicted octanol–water partition coefficient (Wildman–Crippen LogP) is 3.66. The van der Waals surface area contributed by atoms with Crippen molar-refractivity contribution in [2.45, 2.75) is 27.2 Å². The molecule has 0 bridgehead atoms. The van der Waals surface area contributed by atoms with Crippen molar-refractivity contribution in [3.8, 4) is 0 Å². The minimum Gasteiger partial charge on any atom is -0.478 e. The number of rotatable bonds is 7. The number of para-hydroxylation sites is 1. The van der Waals surface area contributed by atoms with Gasteiger partial charge in [-0.25, -0.2) is 4.79 Å².